The molecule has 21 heavy (non-hydrogen) atoms. The summed E-state index contributed by atoms with van der Waals surface area (Å²) in [5, 5.41) is 11.1. The van der Waals surface area contributed by atoms with Gasteiger partial charge in [-0.1, -0.05) is 18.5 Å². The maximum absolute atomic E-state index is 12.5. The minimum Gasteiger partial charge on any atom is -0.337 e. The smallest absolute Gasteiger partial charge is 0.270 e. The topological polar surface area (TPSA) is 66.7 Å². The maximum atomic E-state index is 12.5. The van der Waals surface area contributed by atoms with Gasteiger partial charge in [0.1, 0.15) is 0 Å². The Bertz CT molecular complexity index is 520. The lowest BCUT2D eigenvalue weighted by atomic mass is 10.1. The molecule has 0 aliphatic rings. The van der Waals surface area contributed by atoms with E-state index in [4.69, 9.17) is 11.6 Å². The van der Waals surface area contributed by atoms with Crippen molar-refractivity contribution in [1.29, 1.82) is 0 Å². The highest BCUT2D eigenvalue weighted by Gasteiger charge is 2.20. The summed E-state index contributed by atoms with van der Waals surface area (Å²) in [7, 11) is 3.85. The number of nitro benzene ring substituents is 1. The summed E-state index contributed by atoms with van der Waals surface area (Å²) < 4.78 is 0. The van der Waals surface area contributed by atoms with E-state index in [-0.39, 0.29) is 22.2 Å². The number of halogens is 1. The SMILES string of the molecule is CCCN(CCN(C)C)C(=O)c1cc([N+](=O)[O-])ccc1Cl. The van der Waals surface area contributed by atoms with Crippen molar-refractivity contribution < 1.29 is 9.72 Å². The number of amides is 1. The highest BCUT2D eigenvalue weighted by Crippen LogP contribution is 2.23. The van der Waals surface area contributed by atoms with Gasteiger partial charge in [0, 0.05) is 31.8 Å². The number of likely N-dealkylation sites (N-methyl/N-ethyl adjacent to an activating group) is 1. The van der Waals surface area contributed by atoms with Gasteiger partial charge in [-0.2, -0.15) is 0 Å². The van der Waals surface area contributed by atoms with Crippen LogP contribution >= 0.6 is 11.6 Å². The molecule has 0 fully saturated rings. The molecule has 0 aliphatic carbocycles. The molecule has 0 saturated heterocycles. The van der Waals surface area contributed by atoms with E-state index in [0.717, 1.165) is 13.0 Å². The number of carbonyl (C=O) groups excluding carboxylic acids is 1. The number of benzene rings is 1. The molecule has 0 aromatic heterocycles. The fourth-order valence-corrected chi connectivity index (χ4v) is 2.06. The van der Waals surface area contributed by atoms with Crippen molar-refractivity contribution in [1.82, 2.24) is 9.80 Å². The van der Waals surface area contributed by atoms with Gasteiger partial charge in [0.25, 0.3) is 11.6 Å². The largest absolute Gasteiger partial charge is 0.337 e. The molecular weight excluding hydrogens is 294 g/mol. The quantitative estimate of drug-likeness (QED) is 0.573. The van der Waals surface area contributed by atoms with E-state index in [2.05, 4.69) is 0 Å². The molecule has 0 spiro atoms. The first kappa shape index (κ1) is 17.4. The first-order valence-electron chi connectivity index (χ1n) is 6.74. The second-order valence-corrected chi connectivity index (χ2v) is 5.42. The number of non-ortho nitro benzene ring substituents is 1. The Morgan fingerprint density at radius 2 is 1.95 bits per heavy atom. The third kappa shape index (κ3) is 4.99. The van der Waals surface area contributed by atoms with Crippen LogP contribution in [-0.2, 0) is 0 Å². The minimum atomic E-state index is -0.531. The van der Waals surface area contributed by atoms with Crippen LogP contribution in [0.1, 0.15) is 23.7 Å². The second kappa shape index (κ2) is 7.95. The van der Waals surface area contributed by atoms with Crippen LogP contribution in [-0.4, -0.2) is 54.4 Å². The lowest BCUT2D eigenvalue weighted by Gasteiger charge is -2.24. The highest BCUT2D eigenvalue weighted by atomic mass is 35.5. The molecule has 0 saturated carbocycles. The van der Waals surface area contributed by atoms with E-state index in [1.54, 1.807) is 4.90 Å². The van der Waals surface area contributed by atoms with Crippen molar-refractivity contribution in [3.05, 3.63) is 38.9 Å². The van der Waals surface area contributed by atoms with E-state index in [1.165, 1.54) is 18.2 Å². The zero-order valence-electron chi connectivity index (χ0n) is 12.5. The van der Waals surface area contributed by atoms with E-state index in [0.29, 0.717) is 13.1 Å². The molecule has 1 aromatic rings. The lowest BCUT2D eigenvalue weighted by Crippen LogP contribution is -2.37. The standard InChI is InChI=1S/C14H20ClN3O3/c1-4-7-17(9-8-16(2)3)14(19)12-10-11(18(20)21)5-6-13(12)15/h5-6,10H,4,7-9H2,1-3H3. The minimum absolute atomic E-state index is 0.133. The number of hydrogen-bond donors (Lipinski definition) is 0. The van der Waals surface area contributed by atoms with Crippen LogP contribution < -0.4 is 0 Å². The summed E-state index contributed by atoms with van der Waals surface area (Å²) in [5.74, 6) is -0.271. The predicted molar refractivity (Wildman–Crippen MR) is 82.9 cm³/mol. The molecule has 0 N–H and O–H groups in total. The Morgan fingerprint density at radius 3 is 2.48 bits per heavy atom. The van der Waals surface area contributed by atoms with Crippen molar-refractivity contribution in [3.8, 4) is 0 Å². The number of carbonyl (C=O) groups is 1. The Hall–Kier alpha value is -1.66. The Kier molecular flexibility index (Phi) is 6.58. The summed E-state index contributed by atoms with van der Waals surface area (Å²) in [6.45, 7) is 3.84. The molecule has 6 nitrogen and oxygen atoms in total. The summed E-state index contributed by atoms with van der Waals surface area (Å²) in [5.41, 5.74) is 0.0462. The maximum Gasteiger partial charge on any atom is 0.270 e. The molecule has 0 unspecified atom stereocenters. The normalized spacial score (nSPS) is 10.7. The molecule has 0 atom stereocenters. The van der Waals surface area contributed by atoms with Crippen molar-refractivity contribution in [3.63, 3.8) is 0 Å². The number of rotatable bonds is 7. The summed E-state index contributed by atoms with van der Waals surface area (Å²) in [6.07, 6.45) is 0.811. The van der Waals surface area contributed by atoms with Crippen molar-refractivity contribution in [2.24, 2.45) is 0 Å². The molecule has 0 aliphatic heterocycles. The summed E-state index contributed by atoms with van der Waals surface area (Å²) >= 11 is 6.02. The van der Waals surface area contributed by atoms with Gasteiger partial charge in [0.2, 0.25) is 0 Å². The van der Waals surface area contributed by atoms with Crippen LogP contribution in [0.4, 0.5) is 5.69 Å². The third-order valence-corrected chi connectivity index (χ3v) is 3.32. The average molecular weight is 314 g/mol. The van der Waals surface area contributed by atoms with Crippen LogP contribution in [0, 0.1) is 10.1 Å². The van der Waals surface area contributed by atoms with Crippen LogP contribution in [0.3, 0.4) is 0 Å². The fourth-order valence-electron chi connectivity index (χ4n) is 1.87. The Morgan fingerprint density at radius 1 is 1.29 bits per heavy atom. The van der Waals surface area contributed by atoms with Crippen LogP contribution in [0.5, 0.6) is 0 Å². The monoisotopic (exact) mass is 313 g/mol. The zero-order valence-corrected chi connectivity index (χ0v) is 13.3. The molecule has 1 amide bonds. The molecule has 1 aromatic carbocycles. The van der Waals surface area contributed by atoms with Gasteiger partial charge in [0.05, 0.1) is 15.5 Å². The third-order valence-electron chi connectivity index (χ3n) is 2.99. The molecule has 0 heterocycles. The Balaban J connectivity index is 3.02. The fraction of sp³-hybridized carbons (Fsp3) is 0.500. The highest BCUT2D eigenvalue weighted by molar-refractivity contribution is 6.33. The van der Waals surface area contributed by atoms with Gasteiger partial charge in [-0.25, -0.2) is 0 Å². The molecule has 0 radical (unpaired) electrons. The van der Waals surface area contributed by atoms with Gasteiger partial charge in [-0.15, -0.1) is 0 Å². The van der Waals surface area contributed by atoms with Crippen molar-refractivity contribution in [2.75, 3.05) is 33.7 Å². The van der Waals surface area contributed by atoms with Crippen LogP contribution in [0.2, 0.25) is 5.02 Å². The van der Waals surface area contributed by atoms with E-state index in [1.807, 2.05) is 25.9 Å². The Labute approximate surface area is 129 Å². The van der Waals surface area contributed by atoms with Gasteiger partial charge in [0.15, 0.2) is 0 Å². The van der Waals surface area contributed by atoms with Crippen molar-refractivity contribution >= 4 is 23.2 Å². The predicted octanol–water partition coefficient (Wildman–Crippen LogP) is 2.66. The number of nitro groups is 1. The van der Waals surface area contributed by atoms with Crippen LogP contribution in [0.25, 0.3) is 0 Å². The van der Waals surface area contributed by atoms with E-state index >= 15 is 0 Å². The van der Waals surface area contributed by atoms with Gasteiger partial charge < -0.3 is 9.80 Å². The molecule has 116 valence electrons. The second-order valence-electron chi connectivity index (χ2n) is 5.02. The first-order valence-corrected chi connectivity index (χ1v) is 7.12. The average Bonchev–Trinajstić information content (AvgIpc) is 2.42. The van der Waals surface area contributed by atoms with Crippen LogP contribution in [0.15, 0.2) is 18.2 Å². The molecular formula is C14H20ClN3O3. The summed E-state index contributed by atoms with van der Waals surface area (Å²) in [6, 6.07) is 3.93. The van der Waals surface area contributed by atoms with E-state index in [9.17, 15) is 14.9 Å². The number of hydrogen-bond acceptors (Lipinski definition) is 4. The van der Waals surface area contributed by atoms with Gasteiger partial charge >= 0.3 is 0 Å². The zero-order chi connectivity index (χ0) is 16.0. The number of nitrogens with zero attached hydrogens (tertiary/aromatic N) is 3. The molecule has 0 bridgehead atoms. The lowest BCUT2D eigenvalue weighted by molar-refractivity contribution is -0.384. The van der Waals surface area contributed by atoms with Gasteiger partial charge in [-0.05, 0) is 26.6 Å². The van der Waals surface area contributed by atoms with Crippen molar-refractivity contribution in [2.45, 2.75) is 13.3 Å². The summed E-state index contributed by atoms with van der Waals surface area (Å²) in [4.78, 5) is 26.5. The first-order chi connectivity index (χ1) is 9.86. The molecule has 7 heteroatoms. The van der Waals surface area contributed by atoms with E-state index < -0.39 is 4.92 Å². The molecule has 1 rings (SSSR count). The van der Waals surface area contributed by atoms with Gasteiger partial charge in [-0.3, -0.25) is 14.9 Å².